The predicted molar refractivity (Wildman–Crippen MR) is 94.1 cm³/mol. The zero-order valence-electron chi connectivity index (χ0n) is 14.2. The van der Waals surface area contributed by atoms with Gasteiger partial charge in [-0.25, -0.2) is 0 Å². The number of rotatable bonds is 5. The number of carbonyl (C=O) groups is 1. The average Bonchev–Trinajstić information content (AvgIpc) is 3.04. The van der Waals surface area contributed by atoms with Crippen LogP contribution in [-0.4, -0.2) is 21.0 Å². The molecule has 0 bridgehead atoms. The molecule has 1 amide bonds. The second-order valence-corrected chi connectivity index (χ2v) is 5.87. The van der Waals surface area contributed by atoms with E-state index in [-0.39, 0.29) is 17.3 Å². The quantitative estimate of drug-likeness (QED) is 0.556. The second-order valence-electron chi connectivity index (χ2n) is 5.87. The van der Waals surface area contributed by atoms with Gasteiger partial charge in [-0.3, -0.25) is 20.2 Å². The first-order valence-corrected chi connectivity index (χ1v) is 7.86. The Hall–Kier alpha value is -3.55. The summed E-state index contributed by atoms with van der Waals surface area (Å²) in [5.41, 5.74) is 3.53. The Kier molecular flexibility index (Phi) is 4.74. The minimum atomic E-state index is -0.529. The number of amides is 1. The van der Waals surface area contributed by atoms with Crippen molar-refractivity contribution in [1.82, 2.24) is 10.2 Å². The van der Waals surface area contributed by atoms with E-state index in [1.165, 1.54) is 29.8 Å². The number of carbonyl (C=O) groups excluding carboxylic acids is 1. The van der Waals surface area contributed by atoms with Gasteiger partial charge in [0.2, 0.25) is 5.89 Å². The zero-order chi connectivity index (χ0) is 18.7. The third-order valence-corrected chi connectivity index (χ3v) is 3.87. The molecule has 0 fully saturated rings. The summed E-state index contributed by atoms with van der Waals surface area (Å²) in [5.74, 6) is -0.0995. The van der Waals surface area contributed by atoms with Gasteiger partial charge in [0.15, 0.2) is 0 Å². The number of hydrogen-bond donors (Lipinski definition) is 1. The van der Waals surface area contributed by atoms with Gasteiger partial charge in [-0.05, 0) is 37.1 Å². The van der Waals surface area contributed by atoms with Crippen LogP contribution in [0.3, 0.4) is 0 Å². The molecule has 0 atom stereocenters. The van der Waals surface area contributed by atoms with Gasteiger partial charge in [-0.15, -0.1) is 5.10 Å². The minimum Gasteiger partial charge on any atom is -0.407 e. The van der Waals surface area contributed by atoms with Gasteiger partial charge in [0.05, 0.1) is 11.3 Å². The van der Waals surface area contributed by atoms with Crippen LogP contribution < -0.4 is 5.32 Å². The number of benzene rings is 2. The van der Waals surface area contributed by atoms with Crippen LogP contribution in [0.5, 0.6) is 0 Å². The van der Waals surface area contributed by atoms with Crippen LogP contribution >= 0.6 is 0 Å². The summed E-state index contributed by atoms with van der Waals surface area (Å²) < 4.78 is 5.46. The average molecular weight is 352 g/mol. The van der Waals surface area contributed by atoms with E-state index in [4.69, 9.17) is 4.42 Å². The van der Waals surface area contributed by atoms with E-state index in [9.17, 15) is 14.9 Å². The number of aromatic nitrogens is 2. The molecule has 0 unspecified atom stereocenters. The Bertz CT molecular complexity index is 964. The molecule has 1 heterocycles. The van der Waals surface area contributed by atoms with E-state index < -0.39 is 10.8 Å². The highest BCUT2D eigenvalue weighted by atomic mass is 16.6. The Balaban J connectivity index is 1.67. The molecule has 0 saturated carbocycles. The summed E-state index contributed by atoms with van der Waals surface area (Å²) in [7, 11) is 0. The third-order valence-electron chi connectivity index (χ3n) is 3.87. The number of nitro benzene ring substituents is 1. The van der Waals surface area contributed by atoms with E-state index in [2.05, 4.69) is 21.6 Å². The van der Waals surface area contributed by atoms with Crippen LogP contribution in [0.2, 0.25) is 0 Å². The molecule has 26 heavy (non-hydrogen) atoms. The van der Waals surface area contributed by atoms with Crippen molar-refractivity contribution in [3.8, 4) is 0 Å². The van der Waals surface area contributed by atoms with Crippen LogP contribution in [0.25, 0.3) is 0 Å². The molecule has 1 N–H and O–H groups in total. The van der Waals surface area contributed by atoms with Crippen LogP contribution in [0.1, 0.15) is 32.9 Å². The molecule has 1 aromatic heterocycles. The van der Waals surface area contributed by atoms with E-state index in [0.717, 1.165) is 11.1 Å². The summed E-state index contributed by atoms with van der Waals surface area (Å²) in [6.07, 6.45) is 0.465. The van der Waals surface area contributed by atoms with Crippen molar-refractivity contribution in [2.45, 2.75) is 20.3 Å². The van der Waals surface area contributed by atoms with Crippen LogP contribution in [0.4, 0.5) is 11.7 Å². The highest BCUT2D eigenvalue weighted by molar-refractivity contribution is 6.03. The van der Waals surface area contributed by atoms with Crippen LogP contribution in [0.15, 0.2) is 46.9 Å². The van der Waals surface area contributed by atoms with Crippen molar-refractivity contribution in [2.75, 3.05) is 5.32 Å². The standard InChI is InChI=1S/C18H16N4O4/c1-11-3-4-14(12(2)9-11)10-16-20-21-18(26-16)19-17(23)13-5-7-15(8-6-13)22(24)25/h3-9H,10H2,1-2H3,(H,19,21,23). The molecule has 2 aromatic carbocycles. The van der Waals surface area contributed by atoms with E-state index in [1.807, 2.05) is 26.0 Å². The number of non-ortho nitro benzene ring substituents is 1. The molecule has 0 spiro atoms. The first-order valence-electron chi connectivity index (χ1n) is 7.86. The molecule has 0 aliphatic carbocycles. The van der Waals surface area contributed by atoms with Crippen molar-refractivity contribution in [1.29, 1.82) is 0 Å². The maximum Gasteiger partial charge on any atom is 0.322 e. The lowest BCUT2D eigenvalue weighted by atomic mass is 10.0. The Morgan fingerprint density at radius 1 is 1.15 bits per heavy atom. The molecule has 8 heteroatoms. The van der Waals surface area contributed by atoms with Crippen LogP contribution in [0, 0.1) is 24.0 Å². The molecule has 0 aliphatic heterocycles. The maximum atomic E-state index is 12.1. The van der Waals surface area contributed by atoms with Gasteiger partial charge in [0, 0.05) is 17.7 Å². The maximum absolute atomic E-state index is 12.1. The first-order chi connectivity index (χ1) is 12.4. The molecule has 0 aliphatic rings. The van der Waals surface area contributed by atoms with Gasteiger partial charge in [-0.2, -0.15) is 0 Å². The molecule has 8 nitrogen and oxygen atoms in total. The SMILES string of the molecule is Cc1ccc(Cc2nnc(NC(=O)c3ccc([N+](=O)[O-])cc3)o2)c(C)c1. The largest absolute Gasteiger partial charge is 0.407 e. The number of nitrogens with zero attached hydrogens (tertiary/aromatic N) is 3. The normalized spacial score (nSPS) is 10.5. The highest BCUT2D eigenvalue weighted by Gasteiger charge is 2.14. The molecule has 3 aromatic rings. The molecular formula is C18H16N4O4. The molecule has 132 valence electrons. The zero-order valence-corrected chi connectivity index (χ0v) is 14.2. The summed E-state index contributed by atoms with van der Waals surface area (Å²) >= 11 is 0. The number of nitro groups is 1. The molecular weight excluding hydrogens is 336 g/mol. The van der Waals surface area contributed by atoms with Gasteiger partial charge in [0.1, 0.15) is 0 Å². The monoisotopic (exact) mass is 352 g/mol. The predicted octanol–water partition coefficient (Wildman–Crippen LogP) is 3.44. The van der Waals surface area contributed by atoms with Crippen molar-refractivity contribution in [3.63, 3.8) is 0 Å². The lowest BCUT2D eigenvalue weighted by molar-refractivity contribution is -0.384. The third kappa shape index (κ3) is 3.92. The summed E-state index contributed by atoms with van der Waals surface area (Å²) in [6.45, 7) is 4.03. The smallest absolute Gasteiger partial charge is 0.322 e. The van der Waals surface area contributed by atoms with E-state index >= 15 is 0 Å². The molecule has 3 rings (SSSR count). The fourth-order valence-electron chi connectivity index (χ4n) is 2.49. The van der Waals surface area contributed by atoms with Crippen molar-refractivity contribution < 1.29 is 14.1 Å². The number of hydrogen-bond acceptors (Lipinski definition) is 6. The number of nitrogens with one attached hydrogen (secondary N) is 1. The van der Waals surface area contributed by atoms with Crippen LogP contribution in [-0.2, 0) is 6.42 Å². The van der Waals surface area contributed by atoms with Gasteiger partial charge in [-0.1, -0.05) is 28.9 Å². The number of aryl methyl sites for hydroxylation is 2. The fourth-order valence-corrected chi connectivity index (χ4v) is 2.49. The topological polar surface area (TPSA) is 111 Å². The lowest BCUT2D eigenvalue weighted by Gasteiger charge is -2.04. The lowest BCUT2D eigenvalue weighted by Crippen LogP contribution is -2.12. The van der Waals surface area contributed by atoms with E-state index in [1.54, 1.807) is 0 Å². The van der Waals surface area contributed by atoms with Crippen molar-refractivity contribution >= 4 is 17.6 Å². The fraction of sp³-hybridized carbons (Fsp3) is 0.167. The summed E-state index contributed by atoms with van der Waals surface area (Å²) in [6, 6.07) is 11.3. The Morgan fingerprint density at radius 3 is 2.54 bits per heavy atom. The summed E-state index contributed by atoms with van der Waals surface area (Å²) in [4.78, 5) is 22.3. The highest BCUT2D eigenvalue weighted by Crippen LogP contribution is 2.17. The molecule has 0 saturated heterocycles. The van der Waals surface area contributed by atoms with E-state index in [0.29, 0.717) is 12.3 Å². The van der Waals surface area contributed by atoms with Gasteiger partial charge >= 0.3 is 6.01 Å². The molecule has 0 radical (unpaired) electrons. The van der Waals surface area contributed by atoms with Gasteiger partial charge < -0.3 is 4.42 Å². The van der Waals surface area contributed by atoms with Gasteiger partial charge in [0.25, 0.3) is 11.6 Å². The van der Waals surface area contributed by atoms with Crippen molar-refractivity contribution in [2.24, 2.45) is 0 Å². The Labute approximate surface area is 149 Å². The van der Waals surface area contributed by atoms with Crippen molar-refractivity contribution in [3.05, 3.63) is 80.7 Å². The first kappa shape index (κ1) is 17.3. The summed E-state index contributed by atoms with van der Waals surface area (Å²) in [5, 5.41) is 20.9. The Morgan fingerprint density at radius 2 is 1.88 bits per heavy atom. The second kappa shape index (κ2) is 7.14. The number of anilines is 1. The minimum absolute atomic E-state index is 0.0203.